The number of amides is 1. The average molecular weight is 326 g/mol. The molecule has 4 rings (SSSR count). The standard InChI is InChI=1S/C18H22N4O2/c1-13(16(23)22-11-9-18(7-8-18)10-12-22)19-17-20-15(24-21-17)14-5-3-2-4-6-14/h2-6,13H,7-12H2,1H3,(H,19,21)/t13-/m1/s1. The van der Waals surface area contributed by atoms with Crippen LogP contribution in [0.25, 0.3) is 11.5 Å². The molecule has 1 atom stereocenters. The average Bonchev–Trinajstić information content (AvgIpc) is 3.20. The molecular weight excluding hydrogens is 304 g/mol. The van der Waals surface area contributed by atoms with Crippen LogP contribution in [0.5, 0.6) is 0 Å². The summed E-state index contributed by atoms with van der Waals surface area (Å²) in [4.78, 5) is 18.9. The molecule has 0 radical (unpaired) electrons. The number of nitrogens with zero attached hydrogens (tertiary/aromatic N) is 3. The summed E-state index contributed by atoms with van der Waals surface area (Å²) in [6.45, 7) is 3.58. The van der Waals surface area contributed by atoms with Gasteiger partial charge in [-0.25, -0.2) is 0 Å². The lowest BCUT2D eigenvalue weighted by Crippen LogP contribution is -2.45. The molecule has 1 aromatic carbocycles. The van der Waals surface area contributed by atoms with Gasteiger partial charge in [-0.3, -0.25) is 4.79 Å². The van der Waals surface area contributed by atoms with Gasteiger partial charge in [-0.05, 0) is 55.3 Å². The molecule has 1 aliphatic carbocycles. The molecule has 1 saturated heterocycles. The van der Waals surface area contributed by atoms with Crippen LogP contribution in [0.1, 0.15) is 32.6 Å². The molecule has 1 aliphatic heterocycles. The van der Waals surface area contributed by atoms with Crippen LogP contribution in [0.3, 0.4) is 0 Å². The van der Waals surface area contributed by atoms with Gasteiger partial charge in [-0.15, -0.1) is 0 Å². The van der Waals surface area contributed by atoms with E-state index in [1.165, 1.54) is 12.8 Å². The molecule has 1 spiro atoms. The number of carbonyl (C=O) groups is 1. The van der Waals surface area contributed by atoms with Gasteiger partial charge >= 0.3 is 0 Å². The molecule has 24 heavy (non-hydrogen) atoms. The van der Waals surface area contributed by atoms with E-state index in [0.29, 0.717) is 17.3 Å². The lowest BCUT2D eigenvalue weighted by Gasteiger charge is -2.33. The van der Waals surface area contributed by atoms with E-state index in [1.807, 2.05) is 42.2 Å². The van der Waals surface area contributed by atoms with Gasteiger partial charge in [0.1, 0.15) is 6.04 Å². The summed E-state index contributed by atoms with van der Waals surface area (Å²) in [5.41, 5.74) is 1.44. The first-order valence-electron chi connectivity index (χ1n) is 8.60. The highest BCUT2D eigenvalue weighted by molar-refractivity contribution is 5.84. The Morgan fingerprint density at radius 2 is 1.92 bits per heavy atom. The number of hydrogen-bond donors (Lipinski definition) is 1. The fraction of sp³-hybridized carbons (Fsp3) is 0.500. The molecule has 1 amide bonds. The third kappa shape index (κ3) is 3.00. The van der Waals surface area contributed by atoms with E-state index in [9.17, 15) is 4.79 Å². The van der Waals surface area contributed by atoms with Gasteiger partial charge in [-0.1, -0.05) is 18.2 Å². The second-order valence-electron chi connectivity index (χ2n) is 6.98. The Kier molecular flexibility index (Phi) is 3.75. The summed E-state index contributed by atoms with van der Waals surface area (Å²) in [5, 5.41) is 6.98. The topological polar surface area (TPSA) is 71.3 Å². The number of carbonyl (C=O) groups excluding carboxylic acids is 1. The van der Waals surface area contributed by atoms with Crippen LogP contribution >= 0.6 is 0 Å². The van der Waals surface area contributed by atoms with Crippen molar-refractivity contribution in [2.24, 2.45) is 5.41 Å². The lowest BCUT2D eigenvalue weighted by molar-refractivity contribution is -0.133. The highest BCUT2D eigenvalue weighted by atomic mass is 16.5. The van der Waals surface area contributed by atoms with Crippen molar-refractivity contribution < 1.29 is 9.32 Å². The second kappa shape index (κ2) is 5.92. The SMILES string of the molecule is C[C@@H](Nc1noc(-c2ccccc2)n1)C(=O)N1CCC2(CC1)CC2. The molecule has 2 fully saturated rings. The third-order valence-electron chi connectivity index (χ3n) is 5.26. The van der Waals surface area contributed by atoms with E-state index < -0.39 is 0 Å². The minimum Gasteiger partial charge on any atom is -0.341 e. The highest BCUT2D eigenvalue weighted by Gasteiger charge is 2.45. The minimum atomic E-state index is -0.362. The summed E-state index contributed by atoms with van der Waals surface area (Å²) in [7, 11) is 0. The van der Waals surface area contributed by atoms with E-state index in [4.69, 9.17) is 4.52 Å². The van der Waals surface area contributed by atoms with Crippen LogP contribution in [0.2, 0.25) is 0 Å². The van der Waals surface area contributed by atoms with Crippen molar-refractivity contribution in [3.63, 3.8) is 0 Å². The van der Waals surface area contributed by atoms with Crippen LogP contribution in [0.15, 0.2) is 34.9 Å². The lowest BCUT2D eigenvalue weighted by atomic mass is 9.93. The third-order valence-corrected chi connectivity index (χ3v) is 5.26. The first kappa shape index (κ1) is 15.2. The van der Waals surface area contributed by atoms with Gasteiger partial charge in [0.15, 0.2) is 0 Å². The van der Waals surface area contributed by atoms with Gasteiger partial charge in [0.2, 0.25) is 5.91 Å². The summed E-state index contributed by atoms with van der Waals surface area (Å²) >= 11 is 0. The summed E-state index contributed by atoms with van der Waals surface area (Å²) in [6, 6.07) is 9.23. The molecule has 126 valence electrons. The molecule has 1 aromatic heterocycles. The van der Waals surface area contributed by atoms with Crippen LogP contribution in [-0.4, -0.2) is 40.1 Å². The van der Waals surface area contributed by atoms with Crippen LogP contribution in [0.4, 0.5) is 5.95 Å². The molecule has 6 nitrogen and oxygen atoms in total. The number of benzene rings is 1. The van der Waals surface area contributed by atoms with Crippen molar-refractivity contribution in [3.05, 3.63) is 30.3 Å². The Morgan fingerprint density at radius 1 is 1.21 bits per heavy atom. The second-order valence-corrected chi connectivity index (χ2v) is 6.98. The van der Waals surface area contributed by atoms with Crippen LogP contribution in [0, 0.1) is 5.41 Å². The Balaban J connectivity index is 1.36. The van der Waals surface area contributed by atoms with E-state index in [-0.39, 0.29) is 11.9 Å². The zero-order valence-electron chi connectivity index (χ0n) is 13.9. The highest BCUT2D eigenvalue weighted by Crippen LogP contribution is 2.53. The smallest absolute Gasteiger partial charge is 0.264 e. The normalized spacial score (nSPS) is 20.0. The van der Waals surface area contributed by atoms with E-state index in [0.717, 1.165) is 31.5 Å². The number of nitrogens with one attached hydrogen (secondary N) is 1. The van der Waals surface area contributed by atoms with Crippen molar-refractivity contribution in [1.29, 1.82) is 0 Å². The molecule has 0 bridgehead atoms. The Hall–Kier alpha value is -2.37. The van der Waals surface area contributed by atoms with Crippen molar-refractivity contribution in [3.8, 4) is 11.5 Å². The molecule has 0 unspecified atom stereocenters. The number of likely N-dealkylation sites (tertiary alicyclic amines) is 1. The van der Waals surface area contributed by atoms with Gasteiger partial charge in [0.05, 0.1) is 0 Å². The quantitative estimate of drug-likeness (QED) is 0.935. The van der Waals surface area contributed by atoms with Crippen LogP contribution in [-0.2, 0) is 4.79 Å². The van der Waals surface area contributed by atoms with Gasteiger partial charge < -0.3 is 14.7 Å². The Bertz CT molecular complexity index is 714. The maximum atomic E-state index is 12.6. The first-order chi connectivity index (χ1) is 11.7. The Labute approximate surface area is 141 Å². The van der Waals surface area contributed by atoms with Gasteiger partial charge in [-0.2, -0.15) is 4.98 Å². The van der Waals surface area contributed by atoms with E-state index in [1.54, 1.807) is 0 Å². The molecular formula is C18H22N4O2. The van der Waals surface area contributed by atoms with E-state index in [2.05, 4.69) is 15.5 Å². The first-order valence-corrected chi connectivity index (χ1v) is 8.60. The van der Waals surface area contributed by atoms with Crippen molar-refractivity contribution in [2.75, 3.05) is 18.4 Å². The van der Waals surface area contributed by atoms with Gasteiger partial charge in [0, 0.05) is 18.7 Å². The van der Waals surface area contributed by atoms with Crippen molar-refractivity contribution in [1.82, 2.24) is 15.0 Å². The van der Waals surface area contributed by atoms with Gasteiger partial charge in [0.25, 0.3) is 11.8 Å². The molecule has 1 N–H and O–H groups in total. The predicted octanol–water partition coefficient (Wildman–Crippen LogP) is 2.94. The summed E-state index contributed by atoms with van der Waals surface area (Å²) in [5.74, 6) is 0.910. The maximum absolute atomic E-state index is 12.6. The van der Waals surface area contributed by atoms with Crippen LogP contribution < -0.4 is 5.32 Å². The number of rotatable bonds is 4. The van der Waals surface area contributed by atoms with Crippen molar-refractivity contribution >= 4 is 11.9 Å². The number of hydrogen-bond acceptors (Lipinski definition) is 5. The monoisotopic (exact) mass is 326 g/mol. The van der Waals surface area contributed by atoms with E-state index >= 15 is 0 Å². The molecule has 1 saturated carbocycles. The fourth-order valence-electron chi connectivity index (χ4n) is 3.39. The molecule has 2 aliphatic rings. The zero-order valence-corrected chi connectivity index (χ0v) is 13.9. The maximum Gasteiger partial charge on any atom is 0.264 e. The van der Waals surface area contributed by atoms with Crippen molar-refractivity contribution in [2.45, 2.75) is 38.6 Å². The summed E-state index contributed by atoms with van der Waals surface area (Å²) < 4.78 is 5.26. The zero-order chi connectivity index (χ0) is 16.6. The Morgan fingerprint density at radius 3 is 2.58 bits per heavy atom. The number of piperidine rings is 1. The fourth-order valence-corrected chi connectivity index (χ4v) is 3.39. The number of anilines is 1. The molecule has 2 aromatic rings. The predicted molar refractivity (Wildman–Crippen MR) is 90.3 cm³/mol. The number of aromatic nitrogens is 2. The minimum absolute atomic E-state index is 0.108. The molecule has 2 heterocycles. The largest absolute Gasteiger partial charge is 0.341 e. The molecule has 6 heteroatoms. The summed E-state index contributed by atoms with van der Waals surface area (Å²) in [6.07, 6.45) is 4.97.